The molecule has 0 unspecified atom stereocenters. The highest BCUT2D eigenvalue weighted by molar-refractivity contribution is 6.04. The Hall–Kier alpha value is -2.70. The highest BCUT2D eigenvalue weighted by atomic mass is 19.3. The number of ether oxygens (including phenoxy) is 2. The Morgan fingerprint density at radius 2 is 1.80 bits per heavy atom. The highest BCUT2D eigenvalue weighted by Gasteiger charge is 2.43. The monoisotopic (exact) mass is 278 g/mol. The number of rotatable bonds is 2. The average Bonchev–Trinajstić information content (AvgIpc) is 2.73. The van der Waals surface area contributed by atoms with Crippen LogP contribution in [0.2, 0.25) is 0 Å². The van der Waals surface area contributed by atoms with Gasteiger partial charge in [-0.3, -0.25) is 9.78 Å². The van der Waals surface area contributed by atoms with E-state index in [2.05, 4.69) is 19.8 Å². The van der Waals surface area contributed by atoms with Crippen molar-refractivity contribution in [1.29, 1.82) is 0 Å². The molecule has 0 aliphatic carbocycles. The van der Waals surface area contributed by atoms with Gasteiger partial charge in [-0.2, -0.15) is 0 Å². The number of nitrogens with zero attached hydrogens (tertiary/aromatic N) is 1. The topological polar surface area (TPSA) is 60.5 Å². The minimum absolute atomic E-state index is 0.0723. The number of aromatic nitrogens is 1. The molecule has 20 heavy (non-hydrogen) atoms. The third-order valence-corrected chi connectivity index (χ3v) is 2.60. The van der Waals surface area contributed by atoms with Crippen molar-refractivity contribution in [3.63, 3.8) is 0 Å². The average molecular weight is 278 g/mol. The Labute approximate surface area is 112 Å². The van der Waals surface area contributed by atoms with Gasteiger partial charge in [0.05, 0.1) is 0 Å². The summed E-state index contributed by atoms with van der Waals surface area (Å²) in [6.45, 7) is 0. The van der Waals surface area contributed by atoms with Crippen molar-refractivity contribution in [2.75, 3.05) is 5.32 Å². The molecule has 0 saturated heterocycles. The number of amides is 1. The summed E-state index contributed by atoms with van der Waals surface area (Å²) in [5.74, 6) is -0.572. The molecule has 102 valence electrons. The van der Waals surface area contributed by atoms with Gasteiger partial charge < -0.3 is 14.8 Å². The maximum absolute atomic E-state index is 12.9. The molecular formula is C13H8F2N2O3. The number of carbonyl (C=O) groups is 1. The van der Waals surface area contributed by atoms with Crippen LogP contribution in [0.5, 0.6) is 11.5 Å². The molecule has 0 saturated carbocycles. The van der Waals surface area contributed by atoms with Crippen molar-refractivity contribution < 1.29 is 23.0 Å². The second-order valence-corrected chi connectivity index (χ2v) is 4.02. The molecule has 0 radical (unpaired) electrons. The van der Waals surface area contributed by atoms with Gasteiger partial charge in [0.15, 0.2) is 11.5 Å². The van der Waals surface area contributed by atoms with Crippen LogP contribution in [0.3, 0.4) is 0 Å². The minimum atomic E-state index is -3.67. The number of benzene rings is 1. The maximum Gasteiger partial charge on any atom is 0.586 e. The first kappa shape index (κ1) is 12.3. The summed E-state index contributed by atoms with van der Waals surface area (Å²) in [4.78, 5) is 15.7. The Balaban J connectivity index is 1.79. The number of halogens is 2. The van der Waals surface area contributed by atoms with Crippen LogP contribution in [0.4, 0.5) is 14.5 Å². The third kappa shape index (κ3) is 2.37. The van der Waals surface area contributed by atoms with Crippen LogP contribution in [-0.4, -0.2) is 17.2 Å². The second kappa shape index (κ2) is 4.44. The number of pyridine rings is 1. The predicted octanol–water partition coefficient (Wildman–Crippen LogP) is 2.66. The molecule has 0 bridgehead atoms. The Morgan fingerprint density at radius 3 is 2.55 bits per heavy atom. The Kier molecular flexibility index (Phi) is 2.74. The van der Waals surface area contributed by atoms with E-state index in [-0.39, 0.29) is 17.4 Å². The van der Waals surface area contributed by atoms with Gasteiger partial charge in [0, 0.05) is 29.7 Å². The molecule has 1 N–H and O–H groups in total. The predicted molar refractivity (Wildman–Crippen MR) is 64.8 cm³/mol. The van der Waals surface area contributed by atoms with Crippen LogP contribution in [-0.2, 0) is 0 Å². The molecule has 2 heterocycles. The zero-order valence-electron chi connectivity index (χ0n) is 9.97. The van der Waals surface area contributed by atoms with E-state index in [0.717, 1.165) is 0 Å². The third-order valence-electron chi connectivity index (χ3n) is 2.60. The normalized spacial score (nSPS) is 14.9. The number of carbonyl (C=O) groups excluding carboxylic acids is 1. The molecule has 0 spiro atoms. The number of anilines is 1. The molecule has 0 atom stereocenters. The zero-order chi connectivity index (χ0) is 14.2. The molecule has 7 heteroatoms. The Morgan fingerprint density at radius 1 is 1.10 bits per heavy atom. The van der Waals surface area contributed by atoms with Crippen molar-refractivity contribution in [2.24, 2.45) is 0 Å². The Bertz CT molecular complexity index is 662. The van der Waals surface area contributed by atoms with E-state index in [1.165, 1.54) is 42.7 Å². The number of hydrogen-bond donors (Lipinski definition) is 1. The lowest BCUT2D eigenvalue weighted by Gasteiger charge is -2.05. The fourth-order valence-electron chi connectivity index (χ4n) is 1.73. The van der Waals surface area contributed by atoms with E-state index in [4.69, 9.17) is 0 Å². The highest BCUT2D eigenvalue weighted by Crippen LogP contribution is 2.42. The van der Waals surface area contributed by atoms with Crippen LogP contribution in [0, 0.1) is 0 Å². The van der Waals surface area contributed by atoms with Crippen LogP contribution < -0.4 is 14.8 Å². The van der Waals surface area contributed by atoms with Gasteiger partial charge in [-0.15, -0.1) is 8.78 Å². The van der Waals surface area contributed by atoms with Gasteiger partial charge in [0.1, 0.15) is 0 Å². The van der Waals surface area contributed by atoms with Crippen molar-refractivity contribution in [3.05, 3.63) is 48.3 Å². The van der Waals surface area contributed by atoms with E-state index >= 15 is 0 Å². The number of hydrogen-bond acceptors (Lipinski definition) is 4. The van der Waals surface area contributed by atoms with Crippen molar-refractivity contribution in [1.82, 2.24) is 4.98 Å². The number of fused-ring (bicyclic) bond motifs is 1. The summed E-state index contributed by atoms with van der Waals surface area (Å²) in [6, 6.07) is 7.10. The van der Waals surface area contributed by atoms with E-state index in [1.54, 1.807) is 0 Å². The standard InChI is InChI=1S/C13H8F2N2O3/c14-13(15)19-10-2-1-9(7-11(10)20-13)17-12(18)8-3-5-16-6-4-8/h1-7H,(H,17,18). The van der Waals surface area contributed by atoms with Crippen molar-refractivity contribution in [2.45, 2.75) is 6.29 Å². The summed E-state index contributed by atoms with van der Waals surface area (Å²) in [5.41, 5.74) is 0.731. The molecule has 3 rings (SSSR count). The molecule has 0 fully saturated rings. The fraction of sp³-hybridized carbons (Fsp3) is 0.0769. The lowest BCUT2D eigenvalue weighted by Crippen LogP contribution is -2.25. The fourth-order valence-corrected chi connectivity index (χ4v) is 1.73. The van der Waals surface area contributed by atoms with Gasteiger partial charge in [-0.25, -0.2) is 0 Å². The lowest BCUT2D eigenvalue weighted by molar-refractivity contribution is -0.286. The molecular weight excluding hydrogens is 270 g/mol. The van der Waals surface area contributed by atoms with Crippen molar-refractivity contribution in [3.8, 4) is 11.5 Å². The molecule has 1 amide bonds. The van der Waals surface area contributed by atoms with E-state index in [1.807, 2.05) is 0 Å². The van der Waals surface area contributed by atoms with Crippen LogP contribution >= 0.6 is 0 Å². The summed E-state index contributed by atoms with van der Waals surface area (Å²) < 4.78 is 34.3. The van der Waals surface area contributed by atoms with Gasteiger partial charge in [-0.1, -0.05) is 0 Å². The summed E-state index contributed by atoms with van der Waals surface area (Å²) in [6.07, 6.45) is -0.708. The van der Waals surface area contributed by atoms with E-state index in [0.29, 0.717) is 11.3 Å². The summed E-state index contributed by atoms with van der Waals surface area (Å²) in [7, 11) is 0. The lowest BCUT2D eigenvalue weighted by atomic mass is 10.2. The van der Waals surface area contributed by atoms with Gasteiger partial charge >= 0.3 is 6.29 Å². The van der Waals surface area contributed by atoms with Crippen LogP contribution in [0.1, 0.15) is 10.4 Å². The number of alkyl halides is 2. The molecule has 1 aliphatic heterocycles. The van der Waals surface area contributed by atoms with Gasteiger partial charge in [0.2, 0.25) is 0 Å². The molecule has 1 aliphatic rings. The maximum atomic E-state index is 12.9. The van der Waals surface area contributed by atoms with E-state index < -0.39 is 6.29 Å². The molecule has 5 nitrogen and oxygen atoms in total. The zero-order valence-corrected chi connectivity index (χ0v) is 9.97. The van der Waals surface area contributed by atoms with Gasteiger partial charge in [0.25, 0.3) is 5.91 Å². The molecule has 1 aromatic carbocycles. The SMILES string of the molecule is O=C(Nc1ccc2c(c1)OC(F)(F)O2)c1ccncc1. The first-order valence-corrected chi connectivity index (χ1v) is 5.65. The van der Waals surface area contributed by atoms with Gasteiger partial charge in [-0.05, 0) is 24.3 Å². The molecule has 2 aromatic rings. The van der Waals surface area contributed by atoms with Crippen LogP contribution in [0.15, 0.2) is 42.7 Å². The smallest absolute Gasteiger partial charge is 0.395 e. The molecule has 1 aromatic heterocycles. The van der Waals surface area contributed by atoms with E-state index in [9.17, 15) is 13.6 Å². The number of nitrogens with one attached hydrogen (secondary N) is 1. The minimum Gasteiger partial charge on any atom is -0.395 e. The summed E-state index contributed by atoms with van der Waals surface area (Å²) >= 11 is 0. The summed E-state index contributed by atoms with van der Waals surface area (Å²) in [5, 5.41) is 2.57. The second-order valence-electron chi connectivity index (χ2n) is 4.02. The first-order valence-electron chi connectivity index (χ1n) is 5.65. The first-order chi connectivity index (χ1) is 9.53. The van der Waals surface area contributed by atoms with Crippen LogP contribution in [0.25, 0.3) is 0 Å². The van der Waals surface area contributed by atoms with Crippen molar-refractivity contribution >= 4 is 11.6 Å². The quantitative estimate of drug-likeness (QED) is 0.917. The largest absolute Gasteiger partial charge is 0.586 e.